The van der Waals surface area contributed by atoms with Gasteiger partial charge in [-0.05, 0) is 50.5 Å². The van der Waals surface area contributed by atoms with Crippen molar-refractivity contribution in [1.82, 2.24) is 14.8 Å². The molecule has 0 spiro atoms. The molecule has 0 bridgehead atoms. The van der Waals surface area contributed by atoms with Crippen LogP contribution in [0.4, 0.5) is 5.82 Å². The van der Waals surface area contributed by atoms with Gasteiger partial charge in [0.25, 0.3) is 5.56 Å². The quantitative estimate of drug-likeness (QED) is 0.656. The van der Waals surface area contributed by atoms with Crippen LogP contribution in [0.3, 0.4) is 0 Å². The van der Waals surface area contributed by atoms with Gasteiger partial charge in [-0.3, -0.25) is 24.4 Å². The Morgan fingerprint density at radius 1 is 1.27 bits per heavy atom. The Labute approximate surface area is 178 Å². The summed E-state index contributed by atoms with van der Waals surface area (Å²) in [5, 5.41) is 6.79. The van der Waals surface area contributed by atoms with Gasteiger partial charge in [0.1, 0.15) is 5.82 Å². The van der Waals surface area contributed by atoms with E-state index in [1.807, 2.05) is 28.9 Å². The van der Waals surface area contributed by atoms with E-state index in [4.69, 9.17) is 4.74 Å². The van der Waals surface area contributed by atoms with E-state index in [-0.39, 0.29) is 28.4 Å². The third-order valence-electron chi connectivity index (χ3n) is 5.83. The maximum absolute atomic E-state index is 13.1. The molecule has 5 rings (SSSR count). The number of benzene rings is 1. The third-order valence-corrected chi connectivity index (χ3v) is 7.10. The molecule has 2 N–H and O–H groups in total. The molecule has 1 fully saturated rings. The van der Waals surface area contributed by atoms with E-state index in [2.05, 4.69) is 35.3 Å². The molecule has 7 nitrogen and oxygen atoms in total. The number of fused-ring (bicyclic) bond motifs is 2. The molecule has 1 amide bonds. The second-order valence-electron chi connectivity index (χ2n) is 8.52. The monoisotopic (exact) mass is 424 g/mol. The van der Waals surface area contributed by atoms with E-state index in [0.717, 1.165) is 29.3 Å². The molecule has 2 unspecified atom stereocenters. The molecule has 2 atom stereocenters. The van der Waals surface area contributed by atoms with Crippen LogP contribution in [-0.4, -0.2) is 38.6 Å². The van der Waals surface area contributed by atoms with Gasteiger partial charge >= 0.3 is 0 Å². The zero-order valence-electron chi connectivity index (χ0n) is 17.0. The smallest absolute Gasteiger partial charge is 0.270 e. The number of nitrogens with one attached hydrogen (secondary N) is 2. The number of carbonyl (C=O) groups excluding carboxylic acids is 1. The molecular weight excluding hydrogens is 400 g/mol. The number of aromatic nitrogens is 3. The molecule has 4 heterocycles. The number of hydrogen-bond acceptors (Lipinski definition) is 5. The average Bonchev–Trinajstić information content (AvgIpc) is 2.92. The standard InChI is InChI=1S/C22H24N4O3S/c1-22(2)11-15(7-9-29-22)26-20-18(21(28)25-26)19(30-12-17(27)24-20)14-5-6-16-13(10-14)4-3-8-23-16/h3-6,8,10,15,19H,7,9,11-12H2,1-2H3,(H,24,27)(H,25,28). The molecule has 8 heteroatoms. The van der Waals surface area contributed by atoms with Crippen molar-refractivity contribution in [2.45, 2.75) is 43.6 Å². The van der Waals surface area contributed by atoms with Gasteiger partial charge in [-0.2, -0.15) is 0 Å². The van der Waals surface area contributed by atoms with Gasteiger partial charge in [0, 0.05) is 18.2 Å². The number of carbonyl (C=O) groups is 1. The Balaban J connectivity index is 1.62. The number of H-pyrrole nitrogens is 1. The molecule has 0 aliphatic carbocycles. The Bertz CT molecular complexity index is 1180. The van der Waals surface area contributed by atoms with Crippen molar-refractivity contribution in [1.29, 1.82) is 0 Å². The van der Waals surface area contributed by atoms with E-state index in [9.17, 15) is 9.59 Å². The Morgan fingerprint density at radius 2 is 2.13 bits per heavy atom. The fourth-order valence-electron chi connectivity index (χ4n) is 4.46. The second kappa shape index (κ2) is 7.28. The molecule has 2 aliphatic rings. The fraction of sp³-hybridized carbons (Fsp3) is 0.409. The fourth-order valence-corrected chi connectivity index (χ4v) is 5.57. The highest BCUT2D eigenvalue weighted by molar-refractivity contribution is 8.00. The van der Waals surface area contributed by atoms with Crippen molar-refractivity contribution in [2.75, 3.05) is 17.7 Å². The summed E-state index contributed by atoms with van der Waals surface area (Å²) in [6.07, 6.45) is 3.32. The summed E-state index contributed by atoms with van der Waals surface area (Å²) in [5.41, 5.74) is 2.09. The number of thioether (sulfide) groups is 1. The van der Waals surface area contributed by atoms with Crippen LogP contribution in [0.2, 0.25) is 0 Å². The van der Waals surface area contributed by atoms with Gasteiger partial charge in [0.05, 0.1) is 33.7 Å². The van der Waals surface area contributed by atoms with Crippen LogP contribution in [0.5, 0.6) is 0 Å². The highest BCUT2D eigenvalue weighted by atomic mass is 32.2. The highest BCUT2D eigenvalue weighted by Crippen LogP contribution is 2.42. The van der Waals surface area contributed by atoms with Gasteiger partial charge in [0.15, 0.2) is 0 Å². The van der Waals surface area contributed by atoms with E-state index in [0.29, 0.717) is 23.7 Å². The van der Waals surface area contributed by atoms with E-state index < -0.39 is 0 Å². The number of aromatic amines is 1. The molecule has 3 aromatic rings. The van der Waals surface area contributed by atoms with Gasteiger partial charge in [-0.15, -0.1) is 11.8 Å². The lowest BCUT2D eigenvalue weighted by Gasteiger charge is -2.36. The number of amides is 1. The van der Waals surface area contributed by atoms with Crippen molar-refractivity contribution < 1.29 is 9.53 Å². The lowest BCUT2D eigenvalue weighted by atomic mass is 9.94. The van der Waals surface area contributed by atoms with Crippen LogP contribution in [-0.2, 0) is 9.53 Å². The lowest BCUT2D eigenvalue weighted by Crippen LogP contribution is -2.36. The topological polar surface area (TPSA) is 89.0 Å². The summed E-state index contributed by atoms with van der Waals surface area (Å²) < 4.78 is 7.70. The van der Waals surface area contributed by atoms with Crippen LogP contribution in [0, 0.1) is 0 Å². The summed E-state index contributed by atoms with van der Waals surface area (Å²) >= 11 is 1.48. The summed E-state index contributed by atoms with van der Waals surface area (Å²) in [4.78, 5) is 30.0. The third kappa shape index (κ3) is 3.44. The Kier molecular flexibility index (Phi) is 4.71. The number of hydrogen-bond donors (Lipinski definition) is 2. The molecule has 156 valence electrons. The maximum atomic E-state index is 13.1. The molecule has 1 saturated heterocycles. The molecule has 1 aromatic carbocycles. The minimum absolute atomic E-state index is 0.0649. The minimum Gasteiger partial charge on any atom is -0.375 e. The predicted molar refractivity (Wildman–Crippen MR) is 118 cm³/mol. The number of rotatable bonds is 2. The SMILES string of the molecule is CC1(C)CC(n2[nH]c(=O)c3c2NC(=O)CSC3c2ccc3ncccc3c2)CCO1. The number of pyridine rings is 1. The van der Waals surface area contributed by atoms with Crippen molar-refractivity contribution in [3.05, 3.63) is 58.0 Å². The van der Waals surface area contributed by atoms with Gasteiger partial charge in [0.2, 0.25) is 5.91 Å². The van der Waals surface area contributed by atoms with Crippen molar-refractivity contribution in [3.63, 3.8) is 0 Å². The van der Waals surface area contributed by atoms with Crippen LogP contribution >= 0.6 is 11.8 Å². The first kappa shape index (κ1) is 19.4. The number of nitrogens with zero attached hydrogens (tertiary/aromatic N) is 2. The Hall–Kier alpha value is -2.58. The van der Waals surface area contributed by atoms with E-state index in [1.165, 1.54) is 11.8 Å². The lowest BCUT2D eigenvalue weighted by molar-refractivity contribution is -0.113. The van der Waals surface area contributed by atoms with Gasteiger partial charge in [-0.1, -0.05) is 12.1 Å². The maximum Gasteiger partial charge on any atom is 0.270 e. The first-order valence-electron chi connectivity index (χ1n) is 10.2. The molecule has 2 aliphatic heterocycles. The summed E-state index contributed by atoms with van der Waals surface area (Å²) in [5.74, 6) is 0.794. The van der Waals surface area contributed by atoms with Crippen LogP contribution in [0.25, 0.3) is 10.9 Å². The zero-order chi connectivity index (χ0) is 20.9. The average molecular weight is 425 g/mol. The normalized spacial score (nSPS) is 23.6. The minimum atomic E-state index is -0.273. The van der Waals surface area contributed by atoms with Crippen LogP contribution < -0.4 is 10.9 Å². The first-order chi connectivity index (χ1) is 14.4. The van der Waals surface area contributed by atoms with Crippen molar-refractivity contribution >= 4 is 34.4 Å². The number of ether oxygens (including phenoxy) is 1. The largest absolute Gasteiger partial charge is 0.375 e. The molecule has 2 aromatic heterocycles. The zero-order valence-corrected chi connectivity index (χ0v) is 17.8. The highest BCUT2D eigenvalue weighted by Gasteiger charge is 2.36. The summed E-state index contributed by atoms with van der Waals surface area (Å²) in [7, 11) is 0. The number of anilines is 1. The molecule has 0 radical (unpaired) electrons. The first-order valence-corrected chi connectivity index (χ1v) is 11.2. The van der Waals surface area contributed by atoms with Gasteiger partial charge in [-0.25, -0.2) is 0 Å². The van der Waals surface area contributed by atoms with Crippen molar-refractivity contribution in [3.8, 4) is 0 Å². The van der Waals surface area contributed by atoms with Crippen LogP contribution in [0.1, 0.15) is 49.1 Å². The van der Waals surface area contributed by atoms with Gasteiger partial charge < -0.3 is 10.1 Å². The Morgan fingerprint density at radius 3 is 2.97 bits per heavy atom. The summed E-state index contributed by atoms with van der Waals surface area (Å²) in [6.45, 7) is 4.73. The molecule has 0 saturated carbocycles. The van der Waals surface area contributed by atoms with Crippen molar-refractivity contribution in [2.24, 2.45) is 0 Å². The van der Waals surface area contributed by atoms with E-state index in [1.54, 1.807) is 6.20 Å². The molecule has 30 heavy (non-hydrogen) atoms. The van der Waals surface area contributed by atoms with E-state index >= 15 is 0 Å². The molecular formula is C22H24N4O3S. The predicted octanol–water partition coefficient (Wildman–Crippen LogP) is 3.63. The summed E-state index contributed by atoms with van der Waals surface area (Å²) in [6, 6.07) is 10.0. The second-order valence-corrected chi connectivity index (χ2v) is 9.62. The van der Waals surface area contributed by atoms with Crippen LogP contribution in [0.15, 0.2) is 41.3 Å².